The summed E-state index contributed by atoms with van der Waals surface area (Å²) in [6.07, 6.45) is 0.720. The van der Waals surface area contributed by atoms with Crippen LogP contribution in [-0.2, 0) is 4.74 Å². The van der Waals surface area contributed by atoms with Crippen molar-refractivity contribution in [1.29, 1.82) is 0 Å². The zero-order valence-electron chi connectivity index (χ0n) is 11.3. The highest BCUT2D eigenvalue weighted by molar-refractivity contribution is 5.93. The summed E-state index contributed by atoms with van der Waals surface area (Å²) in [6, 6.07) is 8.08. The van der Waals surface area contributed by atoms with E-state index >= 15 is 0 Å². The lowest BCUT2D eigenvalue weighted by atomic mass is 10.2. The van der Waals surface area contributed by atoms with Gasteiger partial charge in [0, 0.05) is 25.8 Å². The SMILES string of the molecule is CCOCCCNC(=O)c1cc(=O)c2ccccc2o1. The van der Waals surface area contributed by atoms with Crippen LogP contribution >= 0.6 is 0 Å². The molecule has 1 N–H and O–H groups in total. The maximum atomic E-state index is 11.9. The number of nitrogens with one attached hydrogen (secondary N) is 1. The average molecular weight is 275 g/mol. The smallest absolute Gasteiger partial charge is 0.287 e. The number of carbonyl (C=O) groups excluding carboxylic acids is 1. The quantitative estimate of drug-likeness (QED) is 0.818. The second-order valence-electron chi connectivity index (χ2n) is 4.28. The normalized spacial score (nSPS) is 10.7. The van der Waals surface area contributed by atoms with Gasteiger partial charge in [0.25, 0.3) is 5.91 Å². The highest BCUT2D eigenvalue weighted by Crippen LogP contribution is 2.11. The van der Waals surface area contributed by atoms with Crippen molar-refractivity contribution >= 4 is 16.9 Å². The highest BCUT2D eigenvalue weighted by Gasteiger charge is 2.11. The van der Waals surface area contributed by atoms with E-state index in [4.69, 9.17) is 9.15 Å². The first-order valence-corrected chi connectivity index (χ1v) is 6.61. The third-order valence-corrected chi connectivity index (χ3v) is 2.81. The largest absolute Gasteiger partial charge is 0.451 e. The van der Waals surface area contributed by atoms with Gasteiger partial charge in [0.15, 0.2) is 11.2 Å². The number of hydrogen-bond acceptors (Lipinski definition) is 4. The van der Waals surface area contributed by atoms with Crippen molar-refractivity contribution in [2.45, 2.75) is 13.3 Å². The van der Waals surface area contributed by atoms with Crippen LogP contribution in [0.25, 0.3) is 11.0 Å². The molecule has 0 aliphatic carbocycles. The molecule has 0 spiro atoms. The first kappa shape index (κ1) is 14.3. The third-order valence-electron chi connectivity index (χ3n) is 2.81. The summed E-state index contributed by atoms with van der Waals surface area (Å²) in [7, 11) is 0. The Hall–Kier alpha value is -2.14. The first-order valence-electron chi connectivity index (χ1n) is 6.61. The fraction of sp³-hybridized carbons (Fsp3) is 0.333. The topological polar surface area (TPSA) is 68.5 Å². The van der Waals surface area contributed by atoms with Gasteiger partial charge in [0.1, 0.15) is 5.58 Å². The Morgan fingerprint density at radius 1 is 1.35 bits per heavy atom. The van der Waals surface area contributed by atoms with Gasteiger partial charge in [-0.3, -0.25) is 9.59 Å². The molecule has 0 unspecified atom stereocenters. The second-order valence-corrected chi connectivity index (χ2v) is 4.28. The van der Waals surface area contributed by atoms with Gasteiger partial charge in [-0.05, 0) is 25.5 Å². The lowest BCUT2D eigenvalue weighted by Crippen LogP contribution is -2.26. The third kappa shape index (κ3) is 3.45. The van der Waals surface area contributed by atoms with Crippen molar-refractivity contribution < 1.29 is 13.9 Å². The van der Waals surface area contributed by atoms with Crippen LogP contribution in [0.4, 0.5) is 0 Å². The van der Waals surface area contributed by atoms with Gasteiger partial charge >= 0.3 is 0 Å². The van der Waals surface area contributed by atoms with Crippen molar-refractivity contribution in [1.82, 2.24) is 5.32 Å². The van der Waals surface area contributed by atoms with Crippen molar-refractivity contribution in [2.24, 2.45) is 0 Å². The predicted molar refractivity (Wildman–Crippen MR) is 75.9 cm³/mol. The number of amides is 1. The van der Waals surface area contributed by atoms with Gasteiger partial charge in [0.2, 0.25) is 0 Å². The standard InChI is InChI=1S/C15H17NO4/c1-2-19-9-5-8-16-15(18)14-10-12(17)11-6-3-4-7-13(11)20-14/h3-4,6-7,10H,2,5,8-9H2,1H3,(H,16,18). The lowest BCUT2D eigenvalue weighted by Gasteiger charge is -2.05. The van der Waals surface area contributed by atoms with Crippen LogP contribution in [-0.4, -0.2) is 25.7 Å². The van der Waals surface area contributed by atoms with Crippen LogP contribution in [0.1, 0.15) is 23.9 Å². The van der Waals surface area contributed by atoms with E-state index in [0.29, 0.717) is 30.7 Å². The molecule has 20 heavy (non-hydrogen) atoms. The number of carbonyl (C=O) groups is 1. The molecular formula is C15H17NO4. The molecule has 0 aliphatic rings. The van der Waals surface area contributed by atoms with Crippen LogP contribution in [0.2, 0.25) is 0 Å². The van der Waals surface area contributed by atoms with E-state index in [-0.39, 0.29) is 17.1 Å². The lowest BCUT2D eigenvalue weighted by molar-refractivity contribution is 0.0917. The number of fused-ring (bicyclic) bond motifs is 1. The zero-order chi connectivity index (χ0) is 14.4. The molecule has 1 aromatic heterocycles. The Kier molecular flexibility index (Phi) is 4.90. The molecule has 5 heteroatoms. The molecule has 0 radical (unpaired) electrons. The molecule has 1 aromatic carbocycles. The number of ether oxygens (including phenoxy) is 1. The number of benzene rings is 1. The maximum Gasteiger partial charge on any atom is 0.287 e. The molecule has 106 valence electrons. The summed E-state index contributed by atoms with van der Waals surface area (Å²) in [4.78, 5) is 23.7. The Morgan fingerprint density at radius 2 is 2.15 bits per heavy atom. The first-order chi connectivity index (χ1) is 9.72. The number of para-hydroxylation sites is 1. The molecule has 0 aliphatic heterocycles. The predicted octanol–water partition coefficient (Wildman–Crippen LogP) is 1.95. The second kappa shape index (κ2) is 6.86. The Labute approximate surface area is 116 Å². The summed E-state index contributed by atoms with van der Waals surface area (Å²) in [5, 5.41) is 3.17. The zero-order valence-corrected chi connectivity index (χ0v) is 11.3. The molecule has 0 atom stereocenters. The summed E-state index contributed by atoms with van der Waals surface area (Å²) in [5.74, 6) is -0.352. The fourth-order valence-electron chi connectivity index (χ4n) is 1.82. The van der Waals surface area contributed by atoms with E-state index < -0.39 is 0 Å². The Bertz CT molecular complexity index is 648. The molecule has 2 rings (SSSR count). The van der Waals surface area contributed by atoms with Crippen LogP contribution in [0.5, 0.6) is 0 Å². The fourth-order valence-corrected chi connectivity index (χ4v) is 1.82. The van der Waals surface area contributed by atoms with E-state index in [2.05, 4.69) is 5.32 Å². The van der Waals surface area contributed by atoms with Gasteiger partial charge in [-0.2, -0.15) is 0 Å². The van der Waals surface area contributed by atoms with Crippen LogP contribution < -0.4 is 10.7 Å². The van der Waals surface area contributed by atoms with Gasteiger partial charge < -0.3 is 14.5 Å². The van der Waals surface area contributed by atoms with Crippen LogP contribution in [0, 0.1) is 0 Å². The summed E-state index contributed by atoms with van der Waals surface area (Å²) >= 11 is 0. The minimum absolute atomic E-state index is 0.0325. The van der Waals surface area contributed by atoms with E-state index in [9.17, 15) is 9.59 Å². The average Bonchev–Trinajstić information content (AvgIpc) is 2.47. The molecule has 1 amide bonds. The maximum absolute atomic E-state index is 11.9. The Morgan fingerprint density at radius 3 is 2.95 bits per heavy atom. The van der Waals surface area contributed by atoms with Gasteiger partial charge in [-0.15, -0.1) is 0 Å². The van der Waals surface area contributed by atoms with E-state index in [1.54, 1.807) is 24.3 Å². The molecule has 2 aromatic rings. The highest BCUT2D eigenvalue weighted by atomic mass is 16.5. The summed E-state index contributed by atoms with van der Waals surface area (Å²) < 4.78 is 10.6. The van der Waals surface area contributed by atoms with E-state index in [1.165, 1.54) is 6.07 Å². The Balaban J connectivity index is 2.05. The molecule has 1 heterocycles. The van der Waals surface area contributed by atoms with Gasteiger partial charge in [-0.25, -0.2) is 0 Å². The monoisotopic (exact) mass is 275 g/mol. The van der Waals surface area contributed by atoms with Crippen LogP contribution in [0.3, 0.4) is 0 Å². The number of hydrogen-bond donors (Lipinski definition) is 1. The molecule has 0 saturated heterocycles. The molecule has 5 nitrogen and oxygen atoms in total. The molecule has 0 fully saturated rings. The summed E-state index contributed by atoms with van der Waals surface area (Å²) in [5.41, 5.74) is 0.200. The van der Waals surface area contributed by atoms with Crippen molar-refractivity contribution in [3.8, 4) is 0 Å². The van der Waals surface area contributed by atoms with Gasteiger partial charge in [0.05, 0.1) is 5.39 Å². The van der Waals surface area contributed by atoms with Gasteiger partial charge in [-0.1, -0.05) is 12.1 Å². The summed E-state index contributed by atoms with van der Waals surface area (Å²) in [6.45, 7) is 3.66. The van der Waals surface area contributed by atoms with Crippen molar-refractivity contribution in [2.75, 3.05) is 19.8 Å². The molecule has 0 bridgehead atoms. The van der Waals surface area contributed by atoms with Crippen molar-refractivity contribution in [3.05, 3.63) is 46.3 Å². The van der Waals surface area contributed by atoms with Crippen molar-refractivity contribution in [3.63, 3.8) is 0 Å². The number of rotatable bonds is 6. The molecular weight excluding hydrogens is 258 g/mol. The van der Waals surface area contributed by atoms with E-state index in [1.807, 2.05) is 6.92 Å². The minimum Gasteiger partial charge on any atom is -0.451 e. The van der Waals surface area contributed by atoms with E-state index in [0.717, 1.165) is 6.42 Å². The van der Waals surface area contributed by atoms with Crippen LogP contribution in [0.15, 0.2) is 39.5 Å². The molecule has 0 saturated carbocycles. The minimum atomic E-state index is -0.385.